The predicted octanol–water partition coefficient (Wildman–Crippen LogP) is 7.48. The second-order valence-electron chi connectivity index (χ2n) is 8.63. The summed E-state index contributed by atoms with van der Waals surface area (Å²) in [5.41, 5.74) is 10.1. The molecule has 0 saturated carbocycles. The van der Waals surface area contributed by atoms with Crippen LogP contribution in [0, 0.1) is 0 Å². The molecule has 1 aromatic heterocycles. The first kappa shape index (κ1) is 16.6. The van der Waals surface area contributed by atoms with Crippen molar-refractivity contribution in [3.05, 3.63) is 107 Å². The molecule has 0 unspecified atom stereocenters. The predicted molar refractivity (Wildman–Crippen MR) is 121 cm³/mol. The van der Waals surface area contributed by atoms with Gasteiger partial charge < -0.3 is 4.42 Å². The molecule has 4 aromatic carbocycles. The molecule has 1 nitrogen and oxygen atoms in total. The highest BCUT2D eigenvalue weighted by Crippen LogP contribution is 2.53. The van der Waals surface area contributed by atoms with E-state index in [2.05, 4.69) is 92.7 Å². The monoisotopic (exact) mass is 374 g/mol. The summed E-state index contributed by atoms with van der Waals surface area (Å²) >= 11 is 0. The molecule has 0 fully saturated rings. The number of hydrogen-bond donors (Lipinski definition) is 0. The molecule has 0 amide bonds. The van der Waals surface area contributed by atoms with Gasteiger partial charge in [0.2, 0.25) is 0 Å². The van der Waals surface area contributed by atoms with Gasteiger partial charge in [0.15, 0.2) is 0 Å². The van der Waals surface area contributed by atoms with Gasteiger partial charge in [-0.3, -0.25) is 0 Å². The molecule has 0 N–H and O–H groups in total. The maximum Gasteiger partial charge on any atom is 0.136 e. The molecule has 0 spiro atoms. The maximum absolute atomic E-state index is 6.16. The van der Waals surface area contributed by atoms with Crippen molar-refractivity contribution in [2.24, 2.45) is 0 Å². The summed E-state index contributed by atoms with van der Waals surface area (Å²) in [7, 11) is 0. The van der Waals surface area contributed by atoms with Gasteiger partial charge in [0.1, 0.15) is 11.2 Å². The first-order chi connectivity index (χ1) is 14.1. The number of hydrogen-bond acceptors (Lipinski definition) is 1. The Morgan fingerprint density at radius 3 is 2.34 bits per heavy atom. The van der Waals surface area contributed by atoms with Crippen LogP contribution in [0.1, 0.15) is 36.1 Å². The number of benzene rings is 4. The molecular formula is C28H22O. The number of fused-ring (bicyclic) bond motifs is 7. The summed E-state index contributed by atoms with van der Waals surface area (Å²) in [5, 5.41) is 2.46. The molecule has 6 rings (SSSR count). The highest BCUT2D eigenvalue weighted by molar-refractivity contribution is 6.14. The Balaban J connectivity index is 1.59. The Kier molecular flexibility index (Phi) is 3.35. The average molecular weight is 374 g/mol. The van der Waals surface area contributed by atoms with Crippen LogP contribution in [0.5, 0.6) is 0 Å². The molecule has 5 aromatic rings. The maximum atomic E-state index is 6.16. The highest BCUT2D eigenvalue weighted by Gasteiger charge is 2.37. The summed E-state index contributed by atoms with van der Waals surface area (Å²) in [6.45, 7) is 4.69. The van der Waals surface area contributed by atoms with Gasteiger partial charge in [-0.2, -0.15) is 0 Å². The Morgan fingerprint density at radius 2 is 1.48 bits per heavy atom. The van der Waals surface area contributed by atoms with E-state index < -0.39 is 0 Å². The Hall–Kier alpha value is -3.32. The summed E-state index contributed by atoms with van der Waals surface area (Å²) < 4.78 is 6.16. The standard InChI is InChI=1S/C28H22O/c1-28(2)22-14-15-25-27(21-10-6-7-11-24(21)29-25)26(22)20-13-12-19(17-23(20)28)16-18-8-4-3-5-9-18/h3-15,17H,16H2,1-2H3. The second kappa shape index (κ2) is 5.84. The normalized spacial score (nSPS) is 14.3. The van der Waals surface area contributed by atoms with Crippen LogP contribution in [0.25, 0.3) is 33.1 Å². The van der Waals surface area contributed by atoms with Gasteiger partial charge in [-0.05, 0) is 51.9 Å². The molecule has 0 radical (unpaired) electrons. The number of para-hydroxylation sites is 1. The third kappa shape index (κ3) is 2.34. The summed E-state index contributed by atoms with van der Waals surface area (Å²) in [6.07, 6.45) is 0.963. The lowest BCUT2D eigenvalue weighted by molar-refractivity contribution is 0.656. The average Bonchev–Trinajstić information content (AvgIpc) is 3.22. The van der Waals surface area contributed by atoms with Crippen molar-refractivity contribution in [3.8, 4) is 11.1 Å². The molecule has 1 heteroatoms. The third-order valence-corrected chi connectivity index (χ3v) is 6.49. The minimum Gasteiger partial charge on any atom is -0.456 e. The molecule has 140 valence electrons. The van der Waals surface area contributed by atoms with E-state index in [0.29, 0.717) is 0 Å². The van der Waals surface area contributed by atoms with Crippen LogP contribution in [0.4, 0.5) is 0 Å². The van der Waals surface area contributed by atoms with Gasteiger partial charge in [-0.1, -0.05) is 86.6 Å². The third-order valence-electron chi connectivity index (χ3n) is 6.49. The molecule has 0 atom stereocenters. The van der Waals surface area contributed by atoms with Crippen LogP contribution in [0.15, 0.2) is 89.3 Å². The molecule has 29 heavy (non-hydrogen) atoms. The largest absolute Gasteiger partial charge is 0.456 e. The molecule has 0 aliphatic heterocycles. The van der Waals surface area contributed by atoms with Crippen molar-refractivity contribution in [2.45, 2.75) is 25.7 Å². The van der Waals surface area contributed by atoms with Crippen LogP contribution >= 0.6 is 0 Å². The van der Waals surface area contributed by atoms with Gasteiger partial charge in [0.05, 0.1) is 0 Å². The smallest absolute Gasteiger partial charge is 0.136 e. The van der Waals surface area contributed by atoms with Gasteiger partial charge in [0, 0.05) is 16.2 Å². The first-order valence-corrected chi connectivity index (χ1v) is 10.3. The zero-order valence-corrected chi connectivity index (χ0v) is 16.7. The van der Waals surface area contributed by atoms with Crippen LogP contribution in [-0.4, -0.2) is 0 Å². The Labute approximate surface area is 170 Å². The fraction of sp³-hybridized carbons (Fsp3) is 0.143. The zero-order valence-electron chi connectivity index (χ0n) is 16.7. The van der Waals surface area contributed by atoms with Crippen molar-refractivity contribution in [1.29, 1.82) is 0 Å². The molecule has 1 heterocycles. The van der Waals surface area contributed by atoms with E-state index in [1.54, 1.807) is 0 Å². The van der Waals surface area contributed by atoms with E-state index in [4.69, 9.17) is 4.42 Å². The number of rotatable bonds is 2. The summed E-state index contributed by atoms with van der Waals surface area (Å²) in [6, 6.07) is 30.5. The van der Waals surface area contributed by atoms with Crippen LogP contribution in [0.2, 0.25) is 0 Å². The van der Waals surface area contributed by atoms with Gasteiger partial charge >= 0.3 is 0 Å². The lowest BCUT2D eigenvalue weighted by atomic mass is 9.81. The second-order valence-corrected chi connectivity index (χ2v) is 8.63. The van der Waals surface area contributed by atoms with E-state index in [1.807, 2.05) is 6.07 Å². The lowest BCUT2D eigenvalue weighted by Crippen LogP contribution is -2.15. The molecule has 0 bridgehead atoms. The first-order valence-electron chi connectivity index (χ1n) is 10.3. The van der Waals surface area contributed by atoms with Crippen molar-refractivity contribution >= 4 is 21.9 Å². The lowest BCUT2D eigenvalue weighted by Gasteiger charge is -2.22. The van der Waals surface area contributed by atoms with Crippen LogP contribution in [0.3, 0.4) is 0 Å². The summed E-state index contributed by atoms with van der Waals surface area (Å²) in [4.78, 5) is 0. The topological polar surface area (TPSA) is 13.1 Å². The molecule has 1 aliphatic carbocycles. The Morgan fingerprint density at radius 1 is 0.690 bits per heavy atom. The minimum absolute atomic E-state index is 0.0239. The fourth-order valence-electron chi connectivity index (χ4n) is 5.03. The summed E-state index contributed by atoms with van der Waals surface area (Å²) in [5.74, 6) is 0. The van der Waals surface area contributed by atoms with Crippen molar-refractivity contribution in [1.82, 2.24) is 0 Å². The molecule has 1 aliphatic rings. The van der Waals surface area contributed by atoms with E-state index in [-0.39, 0.29) is 5.41 Å². The number of furan rings is 1. The quantitative estimate of drug-likeness (QED) is 0.312. The van der Waals surface area contributed by atoms with Gasteiger partial charge in [-0.15, -0.1) is 0 Å². The highest BCUT2D eigenvalue weighted by atomic mass is 16.3. The van der Waals surface area contributed by atoms with E-state index in [1.165, 1.54) is 44.2 Å². The van der Waals surface area contributed by atoms with Gasteiger partial charge in [-0.25, -0.2) is 0 Å². The molecule has 0 saturated heterocycles. The van der Waals surface area contributed by atoms with E-state index in [0.717, 1.165) is 17.6 Å². The zero-order chi connectivity index (χ0) is 19.6. The van der Waals surface area contributed by atoms with Gasteiger partial charge in [0.25, 0.3) is 0 Å². The van der Waals surface area contributed by atoms with Crippen LogP contribution < -0.4 is 0 Å². The Bertz CT molecular complexity index is 1390. The van der Waals surface area contributed by atoms with Crippen molar-refractivity contribution in [2.75, 3.05) is 0 Å². The minimum atomic E-state index is -0.0239. The van der Waals surface area contributed by atoms with Crippen LogP contribution in [-0.2, 0) is 11.8 Å². The van der Waals surface area contributed by atoms with Crippen molar-refractivity contribution < 1.29 is 4.42 Å². The van der Waals surface area contributed by atoms with Crippen molar-refractivity contribution in [3.63, 3.8) is 0 Å². The molecular weight excluding hydrogens is 352 g/mol. The van der Waals surface area contributed by atoms with E-state index in [9.17, 15) is 0 Å². The fourth-order valence-corrected chi connectivity index (χ4v) is 5.03. The SMILES string of the molecule is CC1(C)c2cc(Cc3ccccc3)ccc2-c2c1ccc1oc3ccccc3c21. The van der Waals surface area contributed by atoms with E-state index >= 15 is 0 Å².